The summed E-state index contributed by atoms with van der Waals surface area (Å²) in [4.78, 5) is 4.62. The molecule has 3 nitrogen and oxygen atoms in total. The van der Waals surface area contributed by atoms with E-state index in [1.165, 1.54) is 0 Å². The summed E-state index contributed by atoms with van der Waals surface area (Å²) in [5.41, 5.74) is 3.63. The number of nitrogens with one attached hydrogen (secondary N) is 1. The van der Waals surface area contributed by atoms with Gasteiger partial charge in [0.25, 0.3) is 0 Å². The number of hydrogen-bond donors (Lipinski definition) is 1. The smallest absolute Gasteiger partial charge is 0.0991 e. The molecule has 2 aromatic rings. The van der Waals surface area contributed by atoms with Crippen molar-refractivity contribution in [2.45, 2.75) is 13.0 Å². The van der Waals surface area contributed by atoms with E-state index in [1.807, 2.05) is 6.07 Å². The van der Waals surface area contributed by atoms with E-state index in [-0.39, 0.29) is 0 Å². The highest BCUT2D eigenvalue weighted by Crippen LogP contribution is 2.30. The SMILES string of the molecule is N#Cc1ccc2nc3c(c(Cl)c2c1)CNCC3. The third-order valence-electron chi connectivity index (χ3n) is 3.07. The molecule has 1 N–H and O–H groups in total. The molecule has 0 fully saturated rings. The van der Waals surface area contributed by atoms with Crippen LogP contribution in [0.2, 0.25) is 5.02 Å². The van der Waals surface area contributed by atoms with Gasteiger partial charge in [0, 0.05) is 36.2 Å². The van der Waals surface area contributed by atoms with E-state index >= 15 is 0 Å². The van der Waals surface area contributed by atoms with E-state index in [4.69, 9.17) is 16.9 Å². The Morgan fingerprint density at radius 1 is 1.41 bits per heavy atom. The highest BCUT2D eigenvalue weighted by molar-refractivity contribution is 6.36. The molecule has 0 saturated carbocycles. The van der Waals surface area contributed by atoms with Gasteiger partial charge in [0.2, 0.25) is 0 Å². The predicted molar refractivity (Wildman–Crippen MR) is 66.9 cm³/mol. The molecule has 4 heteroatoms. The van der Waals surface area contributed by atoms with Crippen LogP contribution in [0.3, 0.4) is 0 Å². The van der Waals surface area contributed by atoms with Gasteiger partial charge >= 0.3 is 0 Å². The van der Waals surface area contributed by atoms with Crippen LogP contribution in [0.1, 0.15) is 16.8 Å². The zero-order valence-electron chi connectivity index (χ0n) is 9.13. The van der Waals surface area contributed by atoms with Gasteiger partial charge in [-0.15, -0.1) is 0 Å². The summed E-state index contributed by atoms with van der Waals surface area (Å²) in [6.45, 7) is 1.70. The average Bonchev–Trinajstić information content (AvgIpc) is 2.39. The average molecular weight is 244 g/mol. The Balaban J connectivity index is 2.33. The molecular formula is C13H10ClN3. The van der Waals surface area contributed by atoms with Gasteiger partial charge in [-0.2, -0.15) is 5.26 Å². The number of nitriles is 1. The van der Waals surface area contributed by atoms with E-state index in [1.54, 1.807) is 12.1 Å². The number of nitrogens with zero attached hydrogens (tertiary/aromatic N) is 2. The van der Waals surface area contributed by atoms with Crippen LogP contribution in [0.25, 0.3) is 10.9 Å². The van der Waals surface area contributed by atoms with Crippen molar-refractivity contribution in [1.82, 2.24) is 10.3 Å². The summed E-state index contributed by atoms with van der Waals surface area (Å²) >= 11 is 6.40. The largest absolute Gasteiger partial charge is 0.312 e. The van der Waals surface area contributed by atoms with E-state index < -0.39 is 0 Å². The third kappa shape index (κ3) is 1.66. The van der Waals surface area contributed by atoms with E-state index in [0.717, 1.165) is 46.7 Å². The lowest BCUT2D eigenvalue weighted by Crippen LogP contribution is -2.25. The molecule has 0 amide bonds. The molecule has 3 rings (SSSR count). The van der Waals surface area contributed by atoms with E-state index in [9.17, 15) is 0 Å². The minimum Gasteiger partial charge on any atom is -0.312 e. The Morgan fingerprint density at radius 3 is 3.12 bits per heavy atom. The van der Waals surface area contributed by atoms with Gasteiger partial charge in [-0.05, 0) is 18.2 Å². The van der Waals surface area contributed by atoms with Crippen LogP contribution in [-0.2, 0) is 13.0 Å². The van der Waals surface area contributed by atoms with Crippen molar-refractivity contribution < 1.29 is 0 Å². The van der Waals surface area contributed by atoms with Crippen molar-refractivity contribution in [1.29, 1.82) is 5.26 Å². The minimum atomic E-state index is 0.616. The maximum Gasteiger partial charge on any atom is 0.0991 e. The molecule has 17 heavy (non-hydrogen) atoms. The lowest BCUT2D eigenvalue weighted by atomic mass is 10.0. The monoisotopic (exact) mass is 243 g/mol. The van der Waals surface area contributed by atoms with E-state index in [0.29, 0.717) is 5.56 Å². The van der Waals surface area contributed by atoms with Crippen molar-refractivity contribution in [3.05, 3.63) is 40.0 Å². The maximum atomic E-state index is 8.90. The van der Waals surface area contributed by atoms with Crippen molar-refractivity contribution in [2.75, 3.05) is 6.54 Å². The third-order valence-corrected chi connectivity index (χ3v) is 3.50. The number of benzene rings is 1. The van der Waals surface area contributed by atoms with Crippen LogP contribution in [0.15, 0.2) is 18.2 Å². The first kappa shape index (κ1) is 10.5. The lowest BCUT2D eigenvalue weighted by molar-refractivity contribution is 0.633. The van der Waals surface area contributed by atoms with Gasteiger partial charge in [0.1, 0.15) is 0 Å². The molecule has 1 aliphatic heterocycles. The first-order valence-electron chi connectivity index (χ1n) is 5.51. The Kier molecular flexibility index (Phi) is 2.47. The molecule has 2 heterocycles. The summed E-state index contributed by atoms with van der Waals surface area (Å²) in [6, 6.07) is 7.57. The molecule has 0 radical (unpaired) electrons. The van der Waals surface area contributed by atoms with Gasteiger partial charge in [0.15, 0.2) is 0 Å². The molecule has 0 atom stereocenters. The van der Waals surface area contributed by atoms with Gasteiger partial charge in [-0.3, -0.25) is 4.98 Å². The minimum absolute atomic E-state index is 0.616. The molecule has 0 spiro atoms. The Morgan fingerprint density at radius 2 is 2.29 bits per heavy atom. The lowest BCUT2D eigenvalue weighted by Gasteiger charge is -2.18. The summed E-state index contributed by atoms with van der Waals surface area (Å²) in [7, 11) is 0. The van der Waals surface area contributed by atoms with Crippen molar-refractivity contribution >= 4 is 22.5 Å². The zero-order chi connectivity index (χ0) is 11.8. The fourth-order valence-electron chi connectivity index (χ4n) is 2.19. The second-order valence-corrected chi connectivity index (χ2v) is 4.50. The van der Waals surface area contributed by atoms with Crippen molar-refractivity contribution in [3.63, 3.8) is 0 Å². The van der Waals surface area contributed by atoms with Crippen LogP contribution in [0.4, 0.5) is 0 Å². The second kappa shape index (κ2) is 3.99. The number of pyridine rings is 1. The zero-order valence-corrected chi connectivity index (χ0v) is 9.88. The molecule has 0 bridgehead atoms. The van der Waals surface area contributed by atoms with Crippen LogP contribution in [0, 0.1) is 11.3 Å². The van der Waals surface area contributed by atoms with Crippen LogP contribution >= 0.6 is 11.6 Å². The fraction of sp³-hybridized carbons (Fsp3) is 0.231. The van der Waals surface area contributed by atoms with Gasteiger partial charge in [-0.25, -0.2) is 0 Å². The number of rotatable bonds is 0. The first-order chi connectivity index (χ1) is 8.29. The maximum absolute atomic E-state index is 8.90. The molecule has 84 valence electrons. The topological polar surface area (TPSA) is 48.7 Å². The van der Waals surface area contributed by atoms with Crippen LogP contribution in [-0.4, -0.2) is 11.5 Å². The molecule has 1 aromatic heterocycles. The standard InChI is InChI=1S/C13H10ClN3/c14-13-9-5-8(6-15)1-2-11(9)17-12-3-4-16-7-10(12)13/h1-2,5,16H,3-4,7H2. The summed E-state index contributed by atoms with van der Waals surface area (Å²) in [5, 5.41) is 13.8. The Bertz CT molecular complexity index is 643. The Labute approximate surface area is 104 Å². The first-order valence-corrected chi connectivity index (χ1v) is 5.89. The van der Waals surface area contributed by atoms with Crippen LogP contribution in [0.5, 0.6) is 0 Å². The molecule has 0 saturated heterocycles. The van der Waals surface area contributed by atoms with Gasteiger partial charge in [-0.1, -0.05) is 11.6 Å². The van der Waals surface area contributed by atoms with Gasteiger partial charge < -0.3 is 5.32 Å². The number of hydrogen-bond acceptors (Lipinski definition) is 3. The molecule has 1 aliphatic rings. The molecule has 0 unspecified atom stereocenters. The van der Waals surface area contributed by atoms with Crippen molar-refractivity contribution in [3.8, 4) is 6.07 Å². The predicted octanol–water partition coefficient (Wildman–Crippen LogP) is 2.41. The summed E-state index contributed by atoms with van der Waals surface area (Å²) in [5.74, 6) is 0. The number of aromatic nitrogens is 1. The molecule has 1 aromatic carbocycles. The highest BCUT2D eigenvalue weighted by atomic mass is 35.5. The van der Waals surface area contributed by atoms with Crippen molar-refractivity contribution in [2.24, 2.45) is 0 Å². The highest BCUT2D eigenvalue weighted by Gasteiger charge is 2.16. The normalized spacial score (nSPS) is 14.4. The second-order valence-electron chi connectivity index (χ2n) is 4.12. The van der Waals surface area contributed by atoms with E-state index in [2.05, 4.69) is 16.4 Å². The fourth-order valence-corrected chi connectivity index (χ4v) is 2.51. The van der Waals surface area contributed by atoms with Crippen LogP contribution < -0.4 is 5.32 Å². The number of fused-ring (bicyclic) bond motifs is 2. The summed E-state index contributed by atoms with van der Waals surface area (Å²) < 4.78 is 0. The van der Waals surface area contributed by atoms with Gasteiger partial charge in [0.05, 0.1) is 22.2 Å². The molecule has 0 aliphatic carbocycles. The Hall–Kier alpha value is -1.63. The number of halogens is 1. The summed E-state index contributed by atoms with van der Waals surface area (Å²) in [6.07, 6.45) is 0.908. The molecular weight excluding hydrogens is 234 g/mol. The quantitative estimate of drug-likeness (QED) is 0.773.